The molecule has 0 saturated heterocycles. The second-order valence-electron chi connectivity index (χ2n) is 6.89. The van der Waals surface area contributed by atoms with Crippen molar-refractivity contribution in [1.29, 1.82) is 0 Å². The number of aromatic nitrogens is 1. The third-order valence-corrected chi connectivity index (χ3v) is 5.32. The topological polar surface area (TPSA) is 48.3 Å². The van der Waals surface area contributed by atoms with E-state index in [-0.39, 0.29) is 11.3 Å². The van der Waals surface area contributed by atoms with Crippen molar-refractivity contribution in [3.8, 4) is 17.0 Å². The molecule has 0 fully saturated rings. The average Bonchev–Trinajstić information content (AvgIpc) is 3.04. The number of nitrogens with zero attached hydrogens (tertiary/aromatic N) is 1. The van der Waals surface area contributed by atoms with Crippen molar-refractivity contribution in [3.63, 3.8) is 0 Å². The van der Waals surface area contributed by atoms with Gasteiger partial charge in [0.2, 0.25) is 0 Å². The number of ether oxygens (including phenoxy) is 1. The van der Waals surface area contributed by atoms with E-state index in [1.807, 2.05) is 60.7 Å². The molecule has 0 saturated carbocycles. The lowest BCUT2D eigenvalue weighted by Crippen LogP contribution is -2.23. The molecule has 3 aromatic carbocycles. The molecule has 0 bridgehead atoms. The van der Waals surface area contributed by atoms with Crippen LogP contribution in [-0.4, -0.2) is 17.5 Å². The minimum absolute atomic E-state index is 0.0677. The lowest BCUT2D eigenvalue weighted by Gasteiger charge is -2.15. The summed E-state index contributed by atoms with van der Waals surface area (Å²) >= 11 is 0. The fourth-order valence-electron chi connectivity index (χ4n) is 4.00. The van der Waals surface area contributed by atoms with Crippen LogP contribution in [0.5, 0.6) is 5.75 Å². The maximum Gasteiger partial charge on any atom is 0.259 e. The van der Waals surface area contributed by atoms with Crippen molar-refractivity contribution < 1.29 is 9.53 Å². The van der Waals surface area contributed by atoms with Gasteiger partial charge in [-0.3, -0.25) is 9.59 Å². The molecule has 4 heteroatoms. The zero-order chi connectivity index (χ0) is 19.3. The Morgan fingerprint density at radius 1 is 0.821 bits per heavy atom. The number of carbonyl (C=O) groups excluding carboxylic acids is 1. The van der Waals surface area contributed by atoms with Gasteiger partial charge in [0.15, 0.2) is 5.78 Å². The molecule has 0 spiro atoms. The number of ketones is 1. The van der Waals surface area contributed by atoms with Gasteiger partial charge in [-0.05, 0) is 29.8 Å². The van der Waals surface area contributed by atoms with Crippen LogP contribution in [0.3, 0.4) is 0 Å². The van der Waals surface area contributed by atoms with Crippen molar-refractivity contribution in [2.24, 2.45) is 0 Å². The molecule has 1 aliphatic rings. The van der Waals surface area contributed by atoms with Crippen LogP contribution in [0.1, 0.15) is 21.5 Å². The van der Waals surface area contributed by atoms with Crippen LogP contribution in [0, 0.1) is 0 Å². The summed E-state index contributed by atoms with van der Waals surface area (Å²) in [4.78, 5) is 26.7. The van der Waals surface area contributed by atoms with Crippen LogP contribution in [0.4, 0.5) is 0 Å². The Kier molecular flexibility index (Phi) is 3.66. The standard InChI is InChI=1S/C24H17NO3/c1-28-16-11-12-18-20(13-16)23(26)21-17-9-5-6-10-19(17)24(27)25(22(18)21)14-15-7-3-2-4-8-15/h2-13H,14H2,1H3. The number of benzene rings is 3. The number of methoxy groups -OCH3 is 1. The molecule has 4 nitrogen and oxygen atoms in total. The minimum Gasteiger partial charge on any atom is -0.497 e. The first-order chi connectivity index (χ1) is 13.7. The molecule has 28 heavy (non-hydrogen) atoms. The van der Waals surface area contributed by atoms with E-state index in [1.54, 1.807) is 23.8 Å². The van der Waals surface area contributed by atoms with Crippen molar-refractivity contribution >= 4 is 16.6 Å². The highest BCUT2D eigenvalue weighted by atomic mass is 16.5. The first-order valence-electron chi connectivity index (χ1n) is 9.11. The van der Waals surface area contributed by atoms with E-state index in [4.69, 9.17) is 4.74 Å². The predicted octanol–water partition coefficient (Wildman–Crippen LogP) is 4.27. The summed E-state index contributed by atoms with van der Waals surface area (Å²) in [6.07, 6.45) is 0. The second kappa shape index (κ2) is 6.20. The molecule has 4 aromatic rings. The molecule has 0 N–H and O–H groups in total. The van der Waals surface area contributed by atoms with Crippen molar-refractivity contribution in [2.45, 2.75) is 6.54 Å². The predicted molar refractivity (Wildman–Crippen MR) is 109 cm³/mol. The van der Waals surface area contributed by atoms with Gasteiger partial charge in [0.05, 0.1) is 24.9 Å². The number of fused-ring (bicyclic) bond motifs is 5. The van der Waals surface area contributed by atoms with Gasteiger partial charge in [0, 0.05) is 21.9 Å². The van der Waals surface area contributed by atoms with E-state index in [0.717, 1.165) is 11.1 Å². The average molecular weight is 367 g/mol. The fraction of sp³-hybridized carbons (Fsp3) is 0.0833. The van der Waals surface area contributed by atoms with E-state index < -0.39 is 0 Å². The summed E-state index contributed by atoms with van der Waals surface area (Å²) in [5.74, 6) is 0.558. The lowest BCUT2D eigenvalue weighted by atomic mass is 10.0. The number of pyridine rings is 1. The monoisotopic (exact) mass is 367 g/mol. The van der Waals surface area contributed by atoms with Crippen LogP contribution in [-0.2, 0) is 6.54 Å². The summed E-state index contributed by atoms with van der Waals surface area (Å²) < 4.78 is 7.03. The third-order valence-electron chi connectivity index (χ3n) is 5.32. The maximum atomic E-state index is 13.4. The zero-order valence-corrected chi connectivity index (χ0v) is 15.3. The Morgan fingerprint density at radius 2 is 1.54 bits per heavy atom. The second-order valence-corrected chi connectivity index (χ2v) is 6.89. The van der Waals surface area contributed by atoms with E-state index in [9.17, 15) is 9.59 Å². The van der Waals surface area contributed by atoms with Gasteiger partial charge in [-0.15, -0.1) is 0 Å². The van der Waals surface area contributed by atoms with E-state index in [2.05, 4.69) is 0 Å². The molecule has 1 heterocycles. The quantitative estimate of drug-likeness (QED) is 0.478. The molecular weight excluding hydrogens is 350 g/mol. The first-order valence-corrected chi connectivity index (χ1v) is 9.11. The lowest BCUT2D eigenvalue weighted by molar-refractivity contribution is 0.104. The Balaban J connectivity index is 1.87. The van der Waals surface area contributed by atoms with Crippen LogP contribution in [0.15, 0.2) is 77.6 Å². The highest BCUT2D eigenvalue weighted by molar-refractivity contribution is 6.26. The number of hydrogen-bond acceptors (Lipinski definition) is 3. The van der Waals surface area contributed by atoms with Crippen LogP contribution in [0.2, 0.25) is 0 Å². The fourth-order valence-corrected chi connectivity index (χ4v) is 4.00. The Hall–Kier alpha value is -3.66. The largest absolute Gasteiger partial charge is 0.497 e. The summed E-state index contributed by atoms with van der Waals surface area (Å²) in [7, 11) is 1.58. The van der Waals surface area contributed by atoms with E-state index in [1.165, 1.54) is 0 Å². The van der Waals surface area contributed by atoms with Crippen molar-refractivity contribution in [3.05, 3.63) is 99.8 Å². The summed E-state index contributed by atoms with van der Waals surface area (Å²) in [6, 6.07) is 22.6. The normalized spacial score (nSPS) is 12.1. The van der Waals surface area contributed by atoms with Gasteiger partial charge in [0.1, 0.15) is 5.75 Å². The van der Waals surface area contributed by atoms with Gasteiger partial charge >= 0.3 is 0 Å². The molecule has 1 aromatic heterocycles. The minimum atomic E-state index is -0.0883. The molecule has 0 radical (unpaired) electrons. The molecule has 136 valence electrons. The molecular formula is C24H17NO3. The molecule has 0 aliphatic heterocycles. The van der Waals surface area contributed by atoms with Gasteiger partial charge in [-0.25, -0.2) is 0 Å². The Labute approximate surface area is 161 Å². The Morgan fingerprint density at radius 3 is 2.29 bits per heavy atom. The molecule has 0 atom stereocenters. The van der Waals surface area contributed by atoms with Crippen molar-refractivity contribution in [1.82, 2.24) is 4.57 Å². The van der Waals surface area contributed by atoms with Gasteiger partial charge in [-0.2, -0.15) is 0 Å². The smallest absolute Gasteiger partial charge is 0.259 e. The molecule has 1 aliphatic carbocycles. The third kappa shape index (κ3) is 2.31. The van der Waals surface area contributed by atoms with E-state index in [0.29, 0.717) is 39.9 Å². The van der Waals surface area contributed by atoms with Crippen molar-refractivity contribution in [2.75, 3.05) is 7.11 Å². The highest BCUT2D eigenvalue weighted by Gasteiger charge is 2.32. The van der Waals surface area contributed by atoms with Gasteiger partial charge in [0.25, 0.3) is 5.56 Å². The van der Waals surface area contributed by atoms with Gasteiger partial charge < -0.3 is 9.30 Å². The maximum absolute atomic E-state index is 13.4. The van der Waals surface area contributed by atoms with Gasteiger partial charge in [-0.1, -0.05) is 48.5 Å². The number of carbonyl (C=O) groups is 1. The van der Waals surface area contributed by atoms with E-state index >= 15 is 0 Å². The summed E-state index contributed by atoms with van der Waals surface area (Å²) in [5, 5.41) is 1.26. The highest BCUT2D eigenvalue weighted by Crippen LogP contribution is 2.40. The summed E-state index contributed by atoms with van der Waals surface area (Å²) in [6.45, 7) is 0.408. The van der Waals surface area contributed by atoms with Crippen LogP contribution in [0.25, 0.3) is 22.0 Å². The Bertz CT molecular complexity index is 1300. The SMILES string of the molecule is COc1ccc2c(c1)C(=O)c1c-2n(Cc2ccccc2)c(=O)c2ccccc12. The number of rotatable bonds is 3. The van der Waals surface area contributed by atoms with Crippen LogP contribution >= 0.6 is 0 Å². The zero-order valence-electron chi connectivity index (χ0n) is 15.3. The summed E-state index contributed by atoms with van der Waals surface area (Å²) in [5.41, 5.74) is 3.56. The molecule has 5 rings (SSSR count). The number of hydrogen-bond donors (Lipinski definition) is 0. The first kappa shape index (κ1) is 16.5. The van der Waals surface area contributed by atoms with Crippen LogP contribution < -0.4 is 10.3 Å². The molecule has 0 unspecified atom stereocenters. The molecule has 0 amide bonds.